The van der Waals surface area contributed by atoms with Crippen LogP contribution in [0.5, 0.6) is 0 Å². The summed E-state index contributed by atoms with van der Waals surface area (Å²) in [6.07, 6.45) is 4.32. The predicted molar refractivity (Wildman–Crippen MR) is 72.5 cm³/mol. The summed E-state index contributed by atoms with van der Waals surface area (Å²) in [5, 5.41) is 9.38. The average molecular weight is 287 g/mol. The van der Waals surface area contributed by atoms with Crippen molar-refractivity contribution in [2.24, 2.45) is 0 Å². The van der Waals surface area contributed by atoms with Crippen molar-refractivity contribution in [3.05, 3.63) is 47.6 Å². The number of carboxylic acid groups (broad SMARTS) is 1. The molecule has 0 fully saturated rings. The van der Waals surface area contributed by atoms with Crippen LogP contribution in [0.15, 0.2) is 36.9 Å². The zero-order valence-corrected chi connectivity index (χ0v) is 10.7. The van der Waals surface area contributed by atoms with Gasteiger partial charge in [-0.2, -0.15) is 0 Å². The van der Waals surface area contributed by atoms with Crippen LogP contribution in [0, 0.1) is 0 Å². The van der Waals surface area contributed by atoms with Gasteiger partial charge < -0.3 is 5.11 Å². The summed E-state index contributed by atoms with van der Waals surface area (Å²) < 4.78 is 0. The van der Waals surface area contributed by atoms with Crippen molar-refractivity contribution < 1.29 is 9.90 Å². The standard InChI is InChI=1S/C13H7ClN4O2/c14-8-3-7(4-10-12(8)16-2-1-15-10)9-5-11(13(19)20)18-6-17-9/h1-6H,(H,19,20). The molecule has 0 aliphatic carbocycles. The lowest BCUT2D eigenvalue weighted by molar-refractivity contribution is 0.0690. The van der Waals surface area contributed by atoms with Crippen molar-refractivity contribution in [2.45, 2.75) is 0 Å². The van der Waals surface area contributed by atoms with Crippen LogP contribution in [-0.2, 0) is 0 Å². The summed E-state index contributed by atoms with van der Waals surface area (Å²) in [6, 6.07) is 4.81. The Hall–Kier alpha value is -2.60. The second kappa shape index (κ2) is 4.82. The fraction of sp³-hybridized carbons (Fsp3) is 0. The number of carboxylic acids is 1. The summed E-state index contributed by atoms with van der Waals surface area (Å²) in [7, 11) is 0. The molecule has 3 rings (SSSR count). The lowest BCUT2D eigenvalue weighted by Crippen LogP contribution is -2.01. The number of hydrogen-bond donors (Lipinski definition) is 1. The minimum atomic E-state index is -1.11. The molecule has 0 aliphatic rings. The van der Waals surface area contributed by atoms with Gasteiger partial charge in [-0.15, -0.1) is 0 Å². The molecule has 0 saturated carbocycles. The van der Waals surface area contributed by atoms with E-state index in [1.54, 1.807) is 24.5 Å². The Morgan fingerprint density at radius 1 is 1.05 bits per heavy atom. The van der Waals surface area contributed by atoms with E-state index in [-0.39, 0.29) is 5.69 Å². The molecular weight excluding hydrogens is 280 g/mol. The highest BCUT2D eigenvalue weighted by atomic mass is 35.5. The van der Waals surface area contributed by atoms with Gasteiger partial charge >= 0.3 is 5.97 Å². The van der Waals surface area contributed by atoms with Gasteiger partial charge in [0.2, 0.25) is 0 Å². The summed E-state index contributed by atoms with van der Waals surface area (Å²) in [4.78, 5) is 27.0. The molecule has 0 bridgehead atoms. The summed E-state index contributed by atoms with van der Waals surface area (Å²) in [5.74, 6) is -1.11. The van der Waals surface area contributed by atoms with Crippen LogP contribution in [0.4, 0.5) is 0 Å². The fourth-order valence-corrected chi connectivity index (χ4v) is 2.08. The summed E-state index contributed by atoms with van der Waals surface area (Å²) in [5.41, 5.74) is 2.25. The first kappa shape index (κ1) is 12.4. The Morgan fingerprint density at radius 3 is 2.65 bits per heavy atom. The molecule has 7 heteroatoms. The molecule has 0 atom stereocenters. The number of aromatic carboxylic acids is 1. The third-order valence-electron chi connectivity index (χ3n) is 2.71. The molecule has 3 aromatic rings. The van der Waals surface area contributed by atoms with Gasteiger partial charge in [0.25, 0.3) is 0 Å². The normalized spacial score (nSPS) is 10.7. The van der Waals surface area contributed by atoms with Gasteiger partial charge in [-0.05, 0) is 18.2 Å². The topological polar surface area (TPSA) is 88.9 Å². The fourth-order valence-electron chi connectivity index (χ4n) is 1.81. The Balaban J connectivity index is 2.19. The maximum absolute atomic E-state index is 10.9. The number of fused-ring (bicyclic) bond motifs is 1. The predicted octanol–water partition coefficient (Wildman–Crippen LogP) is 2.44. The summed E-state index contributed by atoms with van der Waals surface area (Å²) >= 11 is 6.15. The third kappa shape index (κ3) is 2.17. The molecular formula is C13H7ClN4O2. The van der Waals surface area contributed by atoms with Crippen molar-refractivity contribution >= 4 is 28.6 Å². The Bertz CT molecular complexity index is 822. The molecule has 1 aromatic carbocycles. The van der Waals surface area contributed by atoms with Crippen LogP contribution >= 0.6 is 11.6 Å². The van der Waals surface area contributed by atoms with Gasteiger partial charge in [-0.25, -0.2) is 14.8 Å². The van der Waals surface area contributed by atoms with E-state index in [0.717, 1.165) is 0 Å². The van der Waals surface area contributed by atoms with Gasteiger partial charge in [-0.1, -0.05) is 11.6 Å². The molecule has 6 nitrogen and oxygen atoms in total. The largest absolute Gasteiger partial charge is 0.477 e. The number of hydrogen-bond acceptors (Lipinski definition) is 5. The Kier molecular flexibility index (Phi) is 3.00. The number of nitrogens with zero attached hydrogens (tertiary/aromatic N) is 4. The van der Waals surface area contributed by atoms with E-state index in [0.29, 0.717) is 27.3 Å². The zero-order valence-electron chi connectivity index (χ0n) is 9.99. The molecule has 2 heterocycles. The molecule has 98 valence electrons. The number of rotatable bonds is 2. The first-order chi connectivity index (χ1) is 9.65. The van der Waals surface area contributed by atoms with E-state index < -0.39 is 5.97 Å². The quantitative estimate of drug-likeness (QED) is 0.778. The highest BCUT2D eigenvalue weighted by molar-refractivity contribution is 6.35. The van der Waals surface area contributed by atoms with E-state index in [4.69, 9.17) is 16.7 Å². The van der Waals surface area contributed by atoms with E-state index in [9.17, 15) is 4.79 Å². The molecule has 0 unspecified atom stereocenters. The van der Waals surface area contributed by atoms with Crippen LogP contribution < -0.4 is 0 Å². The van der Waals surface area contributed by atoms with E-state index in [1.165, 1.54) is 12.4 Å². The average Bonchev–Trinajstić information content (AvgIpc) is 2.47. The molecule has 20 heavy (non-hydrogen) atoms. The minimum Gasteiger partial charge on any atom is -0.477 e. The zero-order chi connectivity index (χ0) is 14.1. The molecule has 1 N–H and O–H groups in total. The maximum atomic E-state index is 10.9. The lowest BCUT2D eigenvalue weighted by atomic mass is 10.1. The second-order valence-corrected chi connectivity index (χ2v) is 4.38. The Labute approximate surface area is 118 Å². The van der Waals surface area contributed by atoms with Crippen molar-refractivity contribution in [3.8, 4) is 11.3 Å². The lowest BCUT2D eigenvalue weighted by Gasteiger charge is -2.04. The molecule has 0 spiro atoms. The van der Waals surface area contributed by atoms with Gasteiger partial charge in [-0.3, -0.25) is 9.97 Å². The molecule has 0 amide bonds. The first-order valence-electron chi connectivity index (χ1n) is 5.61. The highest BCUT2D eigenvalue weighted by Gasteiger charge is 2.10. The monoisotopic (exact) mass is 286 g/mol. The molecule has 0 aliphatic heterocycles. The van der Waals surface area contributed by atoms with Crippen molar-refractivity contribution in [1.82, 2.24) is 19.9 Å². The van der Waals surface area contributed by atoms with Crippen molar-refractivity contribution in [1.29, 1.82) is 0 Å². The minimum absolute atomic E-state index is 0.0784. The van der Waals surface area contributed by atoms with E-state index in [1.807, 2.05) is 0 Å². The molecule has 0 radical (unpaired) electrons. The highest BCUT2D eigenvalue weighted by Crippen LogP contribution is 2.27. The van der Waals surface area contributed by atoms with Crippen molar-refractivity contribution in [3.63, 3.8) is 0 Å². The smallest absolute Gasteiger partial charge is 0.354 e. The van der Waals surface area contributed by atoms with Crippen LogP contribution in [0.25, 0.3) is 22.3 Å². The second-order valence-electron chi connectivity index (χ2n) is 3.98. The van der Waals surface area contributed by atoms with Crippen LogP contribution in [0.2, 0.25) is 5.02 Å². The number of aromatic nitrogens is 4. The molecule has 2 aromatic heterocycles. The van der Waals surface area contributed by atoms with Gasteiger partial charge in [0.15, 0.2) is 5.69 Å². The van der Waals surface area contributed by atoms with E-state index in [2.05, 4.69) is 19.9 Å². The number of carbonyl (C=O) groups is 1. The van der Waals surface area contributed by atoms with Gasteiger partial charge in [0.1, 0.15) is 11.8 Å². The number of benzene rings is 1. The Morgan fingerprint density at radius 2 is 1.85 bits per heavy atom. The van der Waals surface area contributed by atoms with Gasteiger partial charge in [0.05, 0.1) is 16.2 Å². The van der Waals surface area contributed by atoms with Gasteiger partial charge in [0, 0.05) is 18.0 Å². The molecule has 0 saturated heterocycles. The van der Waals surface area contributed by atoms with Crippen LogP contribution in [0.3, 0.4) is 0 Å². The van der Waals surface area contributed by atoms with E-state index >= 15 is 0 Å². The van der Waals surface area contributed by atoms with Crippen molar-refractivity contribution in [2.75, 3.05) is 0 Å². The third-order valence-corrected chi connectivity index (χ3v) is 3.00. The first-order valence-corrected chi connectivity index (χ1v) is 5.99. The summed E-state index contributed by atoms with van der Waals surface area (Å²) in [6.45, 7) is 0. The maximum Gasteiger partial charge on any atom is 0.354 e. The van der Waals surface area contributed by atoms with Crippen LogP contribution in [0.1, 0.15) is 10.5 Å². The SMILES string of the molecule is O=C(O)c1cc(-c2cc(Cl)c3nccnc3c2)ncn1. The number of halogens is 1. The van der Waals surface area contributed by atoms with Crippen LogP contribution in [-0.4, -0.2) is 31.0 Å².